The standard InChI is InChI=1S/C23H38O2Si/c1-19(2)10-9-16-23(18-26(3,4)5)21(15-17-25-23)22(24)14-13-20-11-7-6-8-12-20/h6-8,10-12,21-22,24H,9,13-18H2,1-5H3. The van der Waals surface area contributed by atoms with Crippen molar-refractivity contribution < 1.29 is 9.84 Å². The van der Waals surface area contributed by atoms with Crippen LogP contribution in [0.2, 0.25) is 25.7 Å². The Hall–Kier alpha value is -0.903. The van der Waals surface area contributed by atoms with Crippen molar-refractivity contribution in [3.8, 4) is 0 Å². The molecule has 0 aromatic heterocycles. The molecule has 1 heterocycles. The lowest BCUT2D eigenvalue weighted by atomic mass is 9.79. The maximum atomic E-state index is 11.1. The lowest BCUT2D eigenvalue weighted by molar-refractivity contribution is -0.0502. The molecule has 0 bridgehead atoms. The van der Waals surface area contributed by atoms with Crippen LogP contribution in [0.3, 0.4) is 0 Å². The molecular weight excluding hydrogens is 336 g/mol. The van der Waals surface area contributed by atoms with Gasteiger partial charge >= 0.3 is 0 Å². The summed E-state index contributed by atoms with van der Waals surface area (Å²) in [5.41, 5.74) is 2.55. The molecule has 1 N–H and O–H groups in total. The Morgan fingerprint density at radius 2 is 1.96 bits per heavy atom. The largest absolute Gasteiger partial charge is 0.393 e. The molecule has 0 spiro atoms. The van der Waals surface area contributed by atoms with E-state index in [1.54, 1.807) is 0 Å². The van der Waals surface area contributed by atoms with E-state index in [0.29, 0.717) is 0 Å². The molecule has 0 radical (unpaired) electrons. The SMILES string of the molecule is CC(C)=CCCC1(C[Si](C)(C)C)OCCC1C(O)CCc1ccccc1. The van der Waals surface area contributed by atoms with Gasteiger partial charge in [0.15, 0.2) is 0 Å². The minimum absolute atomic E-state index is 0.132. The van der Waals surface area contributed by atoms with Crippen molar-refractivity contribution in [2.45, 2.75) is 83.3 Å². The van der Waals surface area contributed by atoms with E-state index < -0.39 is 8.07 Å². The summed E-state index contributed by atoms with van der Waals surface area (Å²) in [4.78, 5) is 0. The van der Waals surface area contributed by atoms with Gasteiger partial charge in [-0.15, -0.1) is 0 Å². The molecule has 1 saturated heterocycles. The fraction of sp³-hybridized carbons (Fsp3) is 0.652. The van der Waals surface area contributed by atoms with E-state index in [0.717, 1.165) is 44.8 Å². The number of aliphatic hydroxyl groups is 1. The zero-order valence-electron chi connectivity index (χ0n) is 17.4. The van der Waals surface area contributed by atoms with E-state index in [1.165, 1.54) is 11.1 Å². The Bertz CT molecular complexity index is 572. The molecule has 146 valence electrons. The third kappa shape index (κ3) is 6.36. The summed E-state index contributed by atoms with van der Waals surface area (Å²) >= 11 is 0. The van der Waals surface area contributed by atoms with E-state index in [1.807, 2.05) is 6.07 Å². The van der Waals surface area contributed by atoms with Gasteiger partial charge in [0, 0.05) is 20.6 Å². The molecule has 3 heteroatoms. The van der Waals surface area contributed by atoms with Crippen LogP contribution >= 0.6 is 0 Å². The molecule has 1 aliphatic rings. The van der Waals surface area contributed by atoms with Crippen LogP contribution in [0, 0.1) is 5.92 Å². The second-order valence-electron chi connectivity index (χ2n) is 9.46. The first kappa shape index (κ1) is 21.4. The van der Waals surface area contributed by atoms with Crippen molar-refractivity contribution in [2.75, 3.05) is 6.61 Å². The van der Waals surface area contributed by atoms with Crippen LogP contribution in [0.25, 0.3) is 0 Å². The molecule has 0 saturated carbocycles. The molecule has 3 unspecified atom stereocenters. The fourth-order valence-electron chi connectivity index (χ4n) is 4.49. The number of aryl methyl sites for hydroxylation is 1. The van der Waals surface area contributed by atoms with Gasteiger partial charge in [-0.1, -0.05) is 61.6 Å². The summed E-state index contributed by atoms with van der Waals surface area (Å²) in [6.07, 6.45) is 6.89. The van der Waals surface area contributed by atoms with E-state index in [-0.39, 0.29) is 17.6 Å². The highest BCUT2D eigenvalue weighted by Gasteiger charge is 2.48. The highest BCUT2D eigenvalue weighted by atomic mass is 28.3. The van der Waals surface area contributed by atoms with E-state index in [9.17, 15) is 5.11 Å². The monoisotopic (exact) mass is 374 g/mol. The van der Waals surface area contributed by atoms with Crippen molar-refractivity contribution in [1.82, 2.24) is 0 Å². The predicted molar refractivity (Wildman–Crippen MR) is 114 cm³/mol. The highest BCUT2D eigenvalue weighted by Crippen LogP contribution is 2.45. The van der Waals surface area contributed by atoms with Crippen LogP contribution in [-0.4, -0.2) is 31.5 Å². The topological polar surface area (TPSA) is 29.5 Å². The van der Waals surface area contributed by atoms with Gasteiger partial charge in [0.2, 0.25) is 0 Å². The van der Waals surface area contributed by atoms with Crippen molar-refractivity contribution in [2.24, 2.45) is 5.92 Å². The molecule has 26 heavy (non-hydrogen) atoms. The molecule has 2 rings (SSSR count). The summed E-state index contributed by atoms with van der Waals surface area (Å²) in [6, 6.07) is 11.7. The molecule has 0 amide bonds. The highest BCUT2D eigenvalue weighted by molar-refractivity contribution is 6.76. The predicted octanol–water partition coefficient (Wildman–Crippen LogP) is 5.84. The minimum Gasteiger partial charge on any atom is -0.393 e. The number of hydrogen-bond donors (Lipinski definition) is 1. The first-order chi connectivity index (χ1) is 12.2. The summed E-state index contributed by atoms with van der Waals surface area (Å²) < 4.78 is 6.43. The number of ether oxygens (including phenoxy) is 1. The van der Waals surface area contributed by atoms with Gasteiger partial charge < -0.3 is 9.84 Å². The summed E-state index contributed by atoms with van der Waals surface area (Å²) in [7, 11) is -1.30. The molecule has 0 aliphatic carbocycles. The number of rotatable bonds is 9. The number of aliphatic hydroxyl groups excluding tert-OH is 1. The van der Waals surface area contributed by atoms with Gasteiger partial charge in [0.05, 0.1) is 11.7 Å². The van der Waals surface area contributed by atoms with E-state index >= 15 is 0 Å². The van der Waals surface area contributed by atoms with Gasteiger partial charge in [-0.3, -0.25) is 0 Å². The molecule has 1 aromatic rings. The lowest BCUT2D eigenvalue weighted by Gasteiger charge is -2.40. The van der Waals surface area contributed by atoms with Crippen molar-refractivity contribution in [1.29, 1.82) is 0 Å². The molecule has 3 atom stereocenters. The normalized spacial score (nSPS) is 24.5. The van der Waals surface area contributed by atoms with Crippen LogP contribution in [0.1, 0.15) is 45.1 Å². The Labute approximate surface area is 161 Å². The maximum absolute atomic E-state index is 11.1. The molecular formula is C23H38O2Si. The number of allylic oxidation sites excluding steroid dienone is 2. The second-order valence-corrected chi connectivity index (χ2v) is 14.9. The average Bonchev–Trinajstić information content (AvgIpc) is 2.94. The van der Waals surface area contributed by atoms with Crippen LogP contribution in [0.5, 0.6) is 0 Å². The summed E-state index contributed by atoms with van der Waals surface area (Å²) in [5, 5.41) is 11.1. The van der Waals surface area contributed by atoms with Crippen LogP contribution in [0.15, 0.2) is 42.0 Å². The number of hydrogen-bond acceptors (Lipinski definition) is 2. The van der Waals surface area contributed by atoms with Gasteiger partial charge in [-0.25, -0.2) is 0 Å². The quantitative estimate of drug-likeness (QED) is 0.434. The average molecular weight is 375 g/mol. The van der Waals surface area contributed by atoms with Crippen molar-refractivity contribution >= 4 is 8.07 Å². The minimum atomic E-state index is -1.30. The summed E-state index contributed by atoms with van der Waals surface area (Å²) in [6.45, 7) is 12.4. The smallest absolute Gasteiger partial charge is 0.0715 e. The van der Waals surface area contributed by atoms with Gasteiger partial charge in [-0.2, -0.15) is 0 Å². The van der Waals surface area contributed by atoms with Crippen molar-refractivity contribution in [3.63, 3.8) is 0 Å². The van der Waals surface area contributed by atoms with Crippen LogP contribution < -0.4 is 0 Å². The Morgan fingerprint density at radius 1 is 1.27 bits per heavy atom. The first-order valence-electron chi connectivity index (χ1n) is 10.2. The van der Waals surface area contributed by atoms with Crippen molar-refractivity contribution in [3.05, 3.63) is 47.5 Å². The molecule has 1 aliphatic heterocycles. The molecule has 1 fully saturated rings. The third-order valence-electron chi connectivity index (χ3n) is 5.48. The maximum Gasteiger partial charge on any atom is 0.0715 e. The Kier molecular flexibility index (Phi) is 7.69. The van der Waals surface area contributed by atoms with Crippen LogP contribution in [0.4, 0.5) is 0 Å². The summed E-state index contributed by atoms with van der Waals surface area (Å²) in [5.74, 6) is 0.267. The van der Waals surface area contributed by atoms with Gasteiger partial charge in [-0.05, 0) is 57.6 Å². The Morgan fingerprint density at radius 3 is 2.58 bits per heavy atom. The van der Waals surface area contributed by atoms with Gasteiger partial charge in [0.1, 0.15) is 0 Å². The lowest BCUT2D eigenvalue weighted by Crippen LogP contribution is -2.46. The van der Waals surface area contributed by atoms with Crippen LogP contribution in [-0.2, 0) is 11.2 Å². The Balaban J connectivity index is 2.09. The molecule has 2 nitrogen and oxygen atoms in total. The second kappa shape index (κ2) is 9.34. The zero-order valence-corrected chi connectivity index (χ0v) is 18.4. The molecule has 1 aromatic carbocycles. The van der Waals surface area contributed by atoms with Gasteiger partial charge in [0.25, 0.3) is 0 Å². The number of benzene rings is 1. The van der Waals surface area contributed by atoms with E-state index in [2.05, 4.69) is 63.8 Å². The fourth-order valence-corrected chi connectivity index (χ4v) is 6.83. The first-order valence-corrected chi connectivity index (χ1v) is 13.9. The van der Waals surface area contributed by atoms with E-state index in [4.69, 9.17) is 4.74 Å². The third-order valence-corrected chi connectivity index (χ3v) is 7.14. The zero-order chi connectivity index (χ0) is 19.2.